The number of aromatic nitrogens is 3. The third-order valence-electron chi connectivity index (χ3n) is 6.45. The van der Waals surface area contributed by atoms with Crippen LogP contribution in [0.15, 0.2) is 48.0 Å². The van der Waals surface area contributed by atoms with Gasteiger partial charge in [-0.2, -0.15) is 0 Å². The fourth-order valence-electron chi connectivity index (χ4n) is 4.59. The van der Waals surface area contributed by atoms with Gasteiger partial charge in [0.25, 0.3) is 0 Å². The lowest BCUT2D eigenvalue weighted by Gasteiger charge is -2.43. The van der Waals surface area contributed by atoms with E-state index in [0.29, 0.717) is 0 Å². The van der Waals surface area contributed by atoms with E-state index in [-0.39, 0.29) is 23.5 Å². The molecule has 2 aromatic carbocycles. The van der Waals surface area contributed by atoms with Crippen molar-refractivity contribution in [1.29, 1.82) is 0 Å². The Bertz CT molecular complexity index is 1420. The molecule has 2 N–H and O–H groups in total. The molecule has 0 radical (unpaired) electrons. The fourth-order valence-corrected chi connectivity index (χ4v) is 5.55. The van der Waals surface area contributed by atoms with Gasteiger partial charge in [0.05, 0.1) is 12.8 Å². The molecule has 1 fully saturated rings. The molecule has 0 saturated carbocycles. The van der Waals surface area contributed by atoms with Crippen LogP contribution in [-0.2, 0) is 20.7 Å². The van der Waals surface area contributed by atoms with E-state index in [1.54, 1.807) is 11.3 Å². The fraction of sp³-hybridized carbons (Fsp3) is 0.320. The first kappa shape index (κ1) is 25.8. The molecule has 0 bridgehead atoms. The largest absolute Gasteiger partial charge is 0.394 e. The number of ketones is 1. The molecule has 1 aliphatic rings. The third kappa shape index (κ3) is 4.90. The zero-order valence-electron chi connectivity index (χ0n) is 19.4. The number of aliphatic hydroxyl groups excluding tert-OH is 2. The van der Waals surface area contributed by atoms with Crippen molar-refractivity contribution in [2.75, 3.05) is 13.7 Å². The lowest BCUT2D eigenvalue weighted by atomic mass is 9.89. The molecule has 3 heterocycles. The van der Waals surface area contributed by atoms with Crippen molar-refractivity contribution in [3.63, 3.8) is 0 Å². The molecule has 194 valence electrons. The molecule has 12 heteroatoms. The van der Waals surface area contributed by atoms with Gasteiger partial charge in [-0.1, -0.05) is 28.9 Å². The second-order valence-electron chi connectivity index (χ2n) is 8.73. The molecule has 5 rings (SSSR count). The average molecular weight is 550 g/mol. The van der Waals surface area contributed by atoms with E-state index in [1.165, 1.54) is 18.0 Å². The highest BCUT2D eigenvalue weighted by molar-refractivity contribution is 7.17. The summed E-state index contributed by atoms with van der Waals surface area (Å²) in [5.74, 6) is -2.22. The molecule has 5 atom stereocenters. The second kappa shape index (κ2) is 10.5. The predicted octanol–water partition coefficient (Wildman–Crippen LogP) is 3.58. The smallest absolute Gasteiger partial charge is 0.168 e. The van der Waals surface area contributed by atoms with Gasteiger partial charge >= 0.3 is 0 Å². The van der Waals surface area contributed by atoms with Crippen LogP contribution in [0.5, 0.6) is 0 Å². The van der Waals surface area contributed by atoms with Gasteiger partial charge in [0.1, 0.15) is 52.8 Å². The van der Waals surface area contributed by atoms with Crippen molar-refractivity contribution in [3.8, 4) is 11.3 Å². The van der Waals surface area contributed by atoms with Crippen LogP contribution in [0.4, 0.5) is 8.78 Å². The molecule has 0 unspecified atom stereocenters. The van der Waals surface area contributed by atoms with Crippen LogP contribution in [0, 0.1) is 11.6 Å². The minimum absolute atomic E-state index is 0.0469. The molecule has 1 aliphatic heterocycles. The van der Waals surface area contributed by atoms with Crippen LogP contribution >= 0.6 is 22.9 Å². The van der Waals surface area contributed by atoms with Crippen molar-refractivity contribution in [2.45, 2.75) is 36.9 Å². The normalized spacial score (nSPS) is 24.0. The highest BCUT2D eigenvalue weighted by Gasteiger charge is 2.49. The van der Waals surface area contributed by atoms with E-state index in [4.69, 9.17) is 21.1 Å². The number of hydrogen-bond donors (Lipinski definition) is 2. The summed E-state index contributed by atoms with van der Waals surface area (Å²) >= 11 is 7.14. The monoisotopic (exact) mass is 549 g/mol. The molecule has 4 aromatic rings. The molecule has 0 aliphatic carbocycles. The molecular formula is C25H22ClF2N3O5S. The number of ether oxygens (including phenoxy) is 2. The summed E-state index contributed by atoms with van der Waals surface area (Å²) in [4.78, 5) is 13.4. The van der Waals surface area contributed by atoms with Gasteiger partial charge < -0.3 is 19.7 Å². The SMILES string of the molecule is CO[C@@H]1[C@@H](n2cc(-c3cc(F)c(Cl)c(F)c3)nn2)[C@@H](O)[C@@H](CO)O[C@H]1C(=O)Cc1ccc2ccsc2c1. The van der Waals surface area contributed by atoms with E-state index < -0.39 is 53.7 Å². The Morgan fingerprint density at radius 3 is 2.70 bits per heavy atom. The molecule has 37 heavy (non-hydrogen) atoms. The van der Waals surface area contributed by atoms with E-state index in [2.05, 4.69) is 10.3 Å². The quantitative estimate of drug-likeness (QED) is 0.339. The standard InChI is InChI=1S/C25H22ClF2N3O5S/c1-35-25-22(31-10-17(29-30-31)14-8-15(27)21(26)16(28)9-14)23(34)19(11-32)36-24(25)18(33)6-12-2-3-13-4-5-37-20(13)7-12/h2-5,7-10,19,22-25,32,34H,6,11H2,1H3/t19-,22+,23+,24+,25-/m1/s1. The Morgan fingerprint density at radius 2 is 2.00 bits per heavy atom. The minimum atomic E-state index is -1.32. The number of thiophene rings is 1. The van der Waals surface area contributed by atoms with Gasteiger partial charge in [0.15, 0.2) is 5.78 Å². The summed E-state index contributed by atoms with van der Waals surface area (Å²) in [6, 6.07) is 8.77. The number of fused-ring (bicyclic) bond motifs is 1. The lowest BCUT2D eigenvalue weighted by Crippen LogP contribution is -2.59. The van der Waals surface area contributed by atoms with Gasteiger partial charge in [0, 0.05) is 23.8 Å². The first-order chi connectivity index (χ1) is 17.8. The zero-order valence-corrected chi connectivity index (χ0v) is 21.0. The van der Waals surface area contributed by atoms with Gasteiger partial charge in [0.2, 0.25) is 0 Å². The maximum absolute atomic E-state index is 14.0. The van der Waals surface area contributed by atoms with Gasteiger partial charge in [-0.25, -0.2) is 13.5 Å². The van der Waals surface area contributed by atoms with E-state index >= 15 is 0 Å². The molecule has 2 aromatic heterocycles. The van der Waals surface area contributed by atoms with Crippen molar-refractivity contribution in [2.24, 2.45) is 0 Å². The summed E-state index contributed by atoms with van der Waals surface area (Å²) < 4.78 is 41.7. The van der Waals surface area contributed by atoms with Gasteiger partial charge in [-0.3, -0.25) is 4.79 Å². The maximum atomic E-state index is 14.0. The van der Waals surface area contributed by atoms with Crippen LogP contribution in [0.3, 0.4) is 0 Å². The van der Waals surface area contributed by atoms with E-state index in [0.717, 1.165) is 27.8 Å². The third-order valence-corrected chi connectivity index (χ3v) is 7.69. The topological polar surface area (TPSA) is 107 Å². The number of aliphatic hydroxyl groups is 2. The van der Waals surface area contributed by atoms with E-state index in [1.807, 2.05) is 29.6 Å². The summed E-state index contributed by atoms with van der Waals surface area (Å²) in [6.07, 6.45) is -3.14. The number of rotatable bonds is 7. The van der Waals surface area contributed by atoms with Crippen molar-refractivity contribution in [1.82, 2.24) is 15.0 Å². The molecule has 0 spiro atoms. The Labute approximate surface area is 219 Å². The minimum Gasteiger partial charge on any atom is -0.394 e. The second-order valence-corrected chi connectivity index (χ2v) is 10.1. The molecule has 0 amide bonds. The number of carbonyl (C=O) groups excluding carboxylic acids is 1. The Balaban J connectivity index is 1.45. The maximum Gasteiger partial charge on any atom is 0.168 e. The molecule has 8 nitrogen and oxygen atoms in total. The number of halogens is 3. The Morgan fingerprint density at radius 1 is 1.24 bits per heavy atom. The average Bonchev–Trinajstić information content (AvgIpc) is 3.56. The first-order valence-electron chi connectivity index (χ1n) is 11.3. The van der Waals surface area contributed by atoms with Crippen molar-refractivity contribution < 1.29 is 33.3 Å². The highest BCUT2D eigenvalue weighted by Crippen LogP contribution is 2.34. The Hall–Kier alpha value is -2.80. The predicted molar refractivity (Wildman–Crippen MR) is 133 cm³/mol. The number of Topliss-reactive ketones (excluding diaryl/α,β-unsaturated/α-hetero) is 1. The molecular weight excluding hydrogens is 528 g/mol. The van der Waals surface area contributed by atoms with Crippen molar-refractivity contribution in [3.05, 3.63) is 70.2 Å². The first-order valence-corrected chi connectivity index (χ1v) is 12.6. The summed E-state index contributed by atoms with van der Waals surface area (Å²) in [5, 5.41) is 31.2. The van der Waals surface area contributed by atoms with Crippen LogP contribution in [0.2, 0.25) is 5.02 Å². The van der Waals surface area contributed by atoms with Gasteiger partial charge in [-0.15, -0.1) is 16.4 Å². The lowest BCUT2D eigenvalue weighted by molar-refractivity contribution is -0.211. The van der Waals surface area contributed by atoms with Crippen LogP contribution < -0.4 is 0 Å². The van der Waals surface area contributed by atoms with Gasteiger partial charge in [-0.05, 0) is 40.6 Å². The molecule has 1 saturated heterocycles. The number of hydrogen-bond acceptors (Lipinski definition) is 8. The zero-order chi connectivity index (χ0) is 26.3. The number of benzene rings is 2. The number of nitrogens with zero attached hydrogens (tertiary/aromatic N) is 3. The highest BCUT2D eigenvalue weighted by atomic mass is 35.5. The number of carbonyl (C=O) groups is 1. The Kier molecular flexibility index (Phi) is 7.35. The van der Waals surface area contributed by atoms with Crippen LogP contribution in [0.25, 0.3) is 21.3 Å². The van der Waals surface area contributed by atoms with Crippen LogP contribution in [0.1, 0.15) is 11.6 Å². The number of methoxy groups -OCH3 is 1. The van der Waals surface area contributed by atoms with E-state index in [9.17, 15) is 23.8 Å². The van der Waals surface area contributed by atoms with Crippen molar-refractivity contribution >= 4 is 38.8 Å². The summed E-state index contributed by atoms with van der Waals surface area (Å²) in [6.45, 7) is -0.561. The summed E-state index contributed by atoms with van der Waals surface area (Å²) in [5.41, 5.74) is 0.976. The van der Waals surface area contributed by atoms with Crippen LogP contribution in [-0.4, -0.2) is 69.1 Å². The summed E-state index contributed by atoms with van der Waals surface area (Å²) in [7, 11) is 1.37.